The van der Waals surface area contributed by atoms with Crippen LogP contribution in [-0.2, 0) is 16.0 Å². The number of carboxylic acid groups (broad SMARTS) is 1. The van der Waals surface area contributed by atoms with Gasteiger partial charge in [0.25, 0.3) is 0 Å². The number of nitrogens with zero attached hydrogens (tertiary/aromatic N) is 2. The van der Waals surface area contributed by atoms with Crippen LogP contribution >= 0.6 is 0 Å². The molecule has 0 saturated carbocycles. The first kappa shape index (κ1) is 29.7. The Hall–Kier alpha value is -3.26. The van der Waals surface area contributed by atoms with Gasteiger partial charge in [0.15, 0.2) is 11.5 Å². The number of para-hydroxylation sites is 2. The Balaban J connectivity index is 1.57. The van der Waals surface area contributed by atoms with Gasteiger partial charge in [-0.2, -0.15) is 0 Å². The highest BCUT2D eigenvalue weighted by Gasteiger charge is 2.47. The summed E-state index contributed by atoms with van der Waals surface area (Å²) in [6.45, 7) is 7.43. The van der Waals surface area contributed by atoms with Crippen LogP contribution in [0.2, 0.25) is 0 Å². The molecular weight excluding hydrogens is 508 g/mol. The third kappa shape index (κ3) is 7.08. The molecule has 1 N–H and O–H groups in total. The predicted octanol–water partition coefficient (Wildman–Crippen LogP) is 5.00. The Kier molecular flexibility index (Phi) is 10.7. The number of carbonyl (C=O) groups is 2. The molecule has 2 aromatic carbocycles. The maximum Gasteiger partial charge on any atom is 0.308 e. The number of carboxylic acids is 1. The van der Waals surface area contributed by atoms with Crippen LogP contribution in [0.15, 0.2) is 42.5 Å². The molecule has 218 valence electrons. The number of carbonyl (C=O) groups excluding carboxylic acids is 1. The van der Waals surface area contributed by atoms with Crippen LogP contribution in [0.1, 0.15) is 63.0 Å². The molecule has 0 bridgehead atoms. The third-order valence-electron chi connectivity index (χ3n) is 8.17. The highest BCUT2D eigenvalue weighted by molar-refractivity contribution is 5.79. The van der Waals surface area contributed by atoms with E-state index < -0.39 is 11.9 Å². The summed E-state index contributed by atoms with van der Waals surface area (Å²) in [6.07, 6.45) is 5.28. The topological polar surface area (TPSA) is 88.5 Å². The average Bonchev–Trinajstić information content (AvgIpc) is 3.57. The average molecular weight is 553 g/mol. The SMILES string of the molecule is CCCCN(CCCC)C(=O)CN1C[C@H](c2ccc3c(c2)CCO3)C(C(=O)O)[C@@H]1CCOc1ccccc1OC. The van der Waals surface area contributed by atoms with Gasteiger partial charge in [0, 0.05) is 38.0 Å². The molecule has 2 heterocycles. The second-order valence-corrected chi connectivity index (χ2v) is 10.8. The zero-order chi connectivity index (χ0) is 28.5. The number of unbranched alkanes of at least 4 members (excludes halogenated alkanes) is 2. The van der Waals surface area contributed by atoms with E-state index >= 15 is 0 Å². The van der Waals surface area contributed by atoms with Gasteiger partial charge in [0.2, 0.25) is 5.91 Å². The van der Waals surface area contributed by atoms with E-state index in [1.807, 2.05) is 41.3 Å². The molecule has 2 aliphatic heterocycles. The molecule has 1 amide bonds. The van der Waals surface area contributed by atoms with E-state index in [2.05, 4.69) is 24.8 Å². The maximum absolute atomic E-state index is 13.6. The lowest BCUT2D eigenvalue weighted by Crippen LogP contribution is -2.45. The second kappa shape index (κ2) is 14.4. The Bertz CT molecular complexity index is 1130. The molecule has 0 aromatic heterocycles. The summed E-state index contributed by atoms with van der Waals surface area (Å²) in [5.41, 5.74) is 2.12. The van der Waals surface area contributed by atoms with Crippen molar-refractivity contribution in [1.82, 2.24) is 9.80 Å². The molecule has 8 nitrogen and oxygen atoms in total. The molecule has 8 heteroatoms. The largest absolute Gasteiger partial charge is 0.493 e. The van der Waals surface area contributed by atoms with Crippen molar-refractivity contribution in [2.75, 3.05) is 46.5 Å². The minimum Gasteiger partial charge on any atom is -0.493 e. The highest BCUT2D eigenvalue weighted by atomic mass is 16.5. The standard InChI is InChI=1S/C32H44N2O6/c1-4-6-16-33(17-7-5-2)30(35)22-34-21-25(23-12-13-27-24(20-23)14-18-39-27)31(32(36)37)26(34)15-19-40-29-11-9-8-10-28(29)38-3/h8-13,20,25-26,31H,4-7,14-19,21-22H2,1-3H3,(H,36,37)/t25-,26+,31?/m1/s1. The van der Waals surface area contributed by atoms with Crippen LogP contribution in [0, 0.1) is 5.92 Å². The van der Waals surface area contributed by atoms with Gasteiger partial charge in [-0.25, -0.2) is 0 Å². The lowest BCUT2D eigenvalue weighted by atomic mass is 9.83. The number of ether oxygens (including phenoxy) is 3. The minimum atomic E-state index is -0.840. The van der Waals surface area contributed by atoms with Crippen LogP contribution in [0.4, 0.5) is 0 Å². The van der Waals surface area contributed by atoms with Gasteiger partial charge in [-0.15, -0.1) is 0 Å². The van der Waals surface area contributed by atoms with Crippen molar-refractivity contribution in [3.05, 3.63) is 53.6 Å². The van der Waals surface area contributed by atoms with Crippen molar-refractivity contribution in [2.24, 2.45) is 5.92 Å². The van der Waals surface area contributed by atoms with E-state index in [9.17, 15) is 14.7 Å². The smallest absolute Gasteiger partial charge is 0.308 e. The van der Waals surface area contributed by atoms with E-state index in [1.165, 1.54) is 0 Å². The number of benzene rings is 2. The van der Waals surface area contributed by atoms with Crippen molar-refractivity contribution >= 4 is 11.9 Å². The van der Waals surface area contributed by atoms with Crippen LogP contribution < -0.4 is 14.2 Å². The molecule has 1 unspecified atom stereocenters. The van der Waals surface area contributed by atoms with Crippen LogP contribution in [0.25, 0.3) is 0 Å². The quantitative estimate of drug-likeness (QED) is 0.333. The van der Waals surface area contributed by atoms with Crippen molar-refractivity contribution in [1.29, 1.82) is 0 Å². The normalized spacial score (nSPS) is 20.1. The Morgan fingerprint density at radius 3 is 2.48 bits per heavy atom. The number of amides is 1. The summed E-state index contributed by atoms with van der Waals surface area (Å²) >= 11 is 0. The maximum atomic E-state index is 13.6. The van der Waals surface area contributed by atoms with E-state index in [4.69, 9.17) is 14.2 Å². The van der Waals surface area contributed by atoms with Crippen LogP contribution in [-0.4, -0.2) is 79.3 Å². The van der Waals surface area contributed by atoms with Gasteiger partial charge >= 0.3 is 5.97 Å². The molecule has 2 aromatic rings. The summed E-state index contributed by atoms with van der Waals surface area (Å²) in [4.78, 5) is 30.4. The summed E-state index contributed by atoms with van der Waals surface area (Å²) in [5, 5.41) is 10.5. The molecule has 4 rings (SSSR count). The predicted molar refractivity (Wildman–Crippen MR) is 154 cm³/mol. The molecule has 1 saturated heterocycles. The fourth-order valence-electron chi connectivity index (χ4n) is 5.99. The molecule has 40 heavy (non-hydrogen) atoms. The molecule has 0 spiro atoms. The summed E-state index contributed by atoms with van der Waals surface area (Å²) in [5.74, 6) is 0.484. The number of hydrogen-bond donors (Lipinski definition) is 1. The zero-order valence-corrected chi connectivity index (χ0v) is 24.1. The zero-order valence-electron chi connectivity index (χ0n) is 24.1. The van der Waals surface area contributed by atoms with Gasteiger partial charge in [-0.05, 0) is 48.6 Å². The van der Waals surface area contributed by atoms with E-state index in [-0.39, 0.29) is 24.4 Å². The van der Waals surface area contributed by atoms with Gasteiger partial charge in [-0.1, -0.05) is 51.0 Å². The molecular formula is C32H44N2O6. The van der Waals surface area contributed by atoms with E-state index in [1.54, 1.807) is 7.11 Å². The van der Waals surface area contributed by atoms with Crippen molar-refractivity contribution < 1.29 is 28.9 Å². The Labute approximate surface area is 238 Å². The lowest BCUT2D eigenvalue weighted by molar-refractivity contribution is -0.144. The van der Waals surface area contributed by atoms with Crippen LogP contribution in [0.3, 0.4) is 0 Å². The number of likely N-dealkylation sites (tertiary alicyclic amines) is 1. The van der Waals surface area contributed by atoms with Gasteiger partial charge in [0.1, 0.15) is 5.75 Å². The monoisotopic (exact) mass is 552 g/mol. The van der Waals surface area contributed by atoms with Crippen molar-refractivity contribution in [2.45, 2.75) is 64.3 Å². The number of methoxy groups -OCH3 is 1. The van der Waals surface area contributed by atoms with Crippen molar-refractivity contribution in [3.63, 3.8) is 0 Å². The minimum absolute atomic E-state index is 0.0738. The number of hydrogen-bond acceptors (Lipinski definition) is 6. The molecule has 0 aliphatic carbocycles. The summed E-state index contributed by atoms with van der Waals surface area (Å²) in [7, 11) is 1.60. The highest BCUT2D eigenvalue weighted by Crippen LogP contribution is 2.41. The first-order chi connectivity index (χ1) is 19.5. The fraction of sp³-hybridized carbons (Fsp3) is 0.562. The molecule has 3 atom stereocenters. The van der Waals surface area contributed by atoms with Crippen molar-refractivity contribution in [3.8, 4) is 17.2 Å². The first-order valence-corrected chi connectivity index (χ1v) is 14.7. The third-order valence-corrected chi connectivity index (χ3v) is 8.17. The van der Waals surface area contributed by atoms with Gasteiger partial charge < -0.3 is 24.2 Å². The van der Waals surface area contributed by atoms with Gasteiger partial charge in [0.05, 0.1) is 32.8 Å². The number of rotatable bonds is 15. The lowest BCUT2D eigenvalue weighted by Gasteiger charge is -2.29. The Morgan fingerprint density at radius 1 is 1.07 bits per heavy atom. The summed E-state index contributed by atoms with van der Waals surface area (Å²) in [6, 6.07) is 13.2. The fourth-order valence-corrected chi connectivity index (χ4v) is 5.99. The Morgan fingerprint density at radius 2 is 1.80 bits per heavy atom. The molecule has 1 fully saturated rings. The molecule has 0 radical (unpaired) electrons. The first-order valence-electron chi connectivity index (χ1n) is 14.7. The van der Waals surface area contributed by atoms with E-state index in [0.29, 0.717) is 37.7 Å². The molecule has 2 aliphatic rings. The number of fused-ring (bicyclic) bond motifs is 1. The van der Waals surface area contributed by atoms with Gasteiger partial charge in [-0.3, -0.25) is 14.5 Å². The van der Waals surface area contributed by atoms with E-state index in [0.717, 1.165) is 62.1 Å². The van der Waals surface area contributed by atoms with Crippen LogP contribution in [0.5, 0.6) is 17.2 Å². The summed E-state index contributed by atoms with van der Waals surface area (Å²) < 4.78 is 17.2. The number of aliphatic carboxylic acids is 1. The second-order valence-electron chi connectivity index (χ2n) is 10.8.